The fourth-order valence-electron chi connectivity index (χ4n) is 2.40. The molecule has 1 aliphatic carbocycles. The molecule has 132 valence electrons. The summed E-state index contributed by atoms with van der Waals surface area (Å²) in [4.78, 5) is 11.7. The largest absolute Gasteiger partial charge is 0.494 e. The molecule has 0 saturated heterocycles. The van der Waals surface area contributed by atoms with Crippen LogP contribution in [0, 0.1) is 0 Å². The van der Waals surface area contributed by atoms with Gasteiger partial charge in [-0.05, 0) is 25.7 Å². The van der Waals surface area contributed by atoms with Crippen molar-refractivity contribution in [1.29, 1.82) is 0 Å². The van der Waals surface area contributed by atoms with Crippen LogP contribution in [0.3, 0.4) is 0 Å². The molecule has 0 aliphatic heterocycles. The van der Waals surface area contributed by atoms with E-state index in [0.717, 1.165) is 24.2 Å². The summed E-state index contributed by atoms with van der Waals surface area (Å²) in [7, 11) is -1.14. The second-order valence-electron chi connectivity index (χ2n) is 5.19. The maximum atomic E-state index is 12.5. The normalized spacial score (nSPS) is 21.3. The average Bonchev–Trinajstić information content (AvgIpc) is 2.94. The molecule has 0 bridgehead atoms. The summed E-state index contributed by atoms with van der Waals surface area (Å²) in [6, 6.07) is 1.38. The summed E-state index contributed by atoms with van der Waals surface area (Å²) in [5.74, 6) is -0.446. The first-order valence-corrected chi connectivity index (χ1v) is 9.21. The highest BCUT2D eigenvalue weighted by Gasteiger charge is 2.29. The lowest BCUT2D eigenvalue weighted by Gasteiger charge is -2.26. The van der Waals surface area contributed by atoms with E-state index in [1.54, 1.807) is 0 Å². The van der Waals surface area contributed by atoms with Crippen LogP contribution in [0.5, 0.6) is 5.75 Å². The van der Waals surface area contributed by atoms with Gasteiger partial charge in [0.25, 0.3) is 10.0 Å². The summed E-state index contributed by atoms with van der Waals surface area (Å²) in [6.07, 6.45) is 3.00. The lowest BCUT2D eigenvalue weighted by Crippen LogP contribution is -2.40. The predicted octanol–water partition coefficient (Wildman–Crippen LogP) is 1.51. The molecular weight excluding hydrogens is 364 g/mol. The summed E-state index contributed by atoms with van der Waals surface area (Å²) >= 11 is 0.838. The van der Waals surface area contributed by atoms with Gasteiger partial charge in [-0.2, -0.15) is 0 Å². The number of nitrogens with two attached hydrogens (primary N) is 1. The molecule has 0 radical (unpaired) electrons. The summed E-state index contributed by atoms with van der Waals surface area (Å²) in [6.45, 7) is 0. The highest BCUT2D eigenvalue weighted by Crippen LogP contribution is 2.34. The highest BCUT2D eigenvalue weighted by atomic mass is 35.5. The number of carbonyl (C=O) groups is 1. The van der Waals surface area contributed by atoms with Gasteiger partial charge < -0.3 is 15.2 Å². The van der Waals surface area contributed by atoms with Crippen molar-refractivity contribution in [3.05, 3.63) is 10.9 Å². The molecule has 1 heterocycles. The zero-order chi connectivity index (χ0) is 16.3. The molecule has 10 heteroatoms. The third-order valence-corrected chi connectivity index (χ3v) is 6.74. The number of carbonyl (C=O) groups excluding carboxylic acids is 1. The van der Waals surface area contributed by atoms with E-state index < -0.39 is 16.0 Å². The van der Waals surface area contributed by atoms with Crippen LogP contribution in [-0.2, 0) is 14.8 Å². The van der Waals surface area contributed by atoms with Gasteiger partial charge in [-0.25, -0.2) is 17.9 Å². The summed E-state index contributed by atoms with van der Waals surface area (Å²) in [5.41, 5.74) is 5.82. The first-order valence-electron chi connectivity index (χ1n) is 6.91. The van der Waals surface area contributed by atoms with E-state index in [0.29, 0.717) is 12.8 Å². The zero-order valence-corrected chi connectivity index (χ0v) is 15.4. The fraction of sp³-hybridized carbons (Fsp3) is 0.615. The van der Waals surface area contributed by atoms with Gasteiger partial charge in [-0.15, -0.1) is 23.7 Å². The zero-order valence-electron chi connectivity index (χ0n) is 12.9. The van der Waals surface area contributed by atoms with E-state index in [1.807, 2.05) is 0 Å². The minimum Gasteiger partial charge on any atom is -0.494 e. The molecule has 1 fully saturated rings. The van der Waals surface area contributed by atoms with E-state index in [-0.39, 0.29) is 39.3 Å². The molecule has 1 aromatic rings. The molecule has 0 atom stereocenters. The Morgan fingerprint density at radius 2 is 1.91 bits per heavy atom. The van der Waals surface area contributed by atoms with Crippen LogP contribution in [0.2, 0.25) is 0 Å². The van der Waals surface area contributed by atoms with Gasteiger partial charge in [-0.3, -0.25) is 0 Å². The Balaban J connectivity index is 0.00000264. The SMILES string of the molecule is COC(=O)c1cc(OC)c(S(=O)(=O)NC2CCC(N)CC2)s1.Cl. The van der Waals surface area contributed by atoms with Gasteiger partial charge in [0.05, 0.1) is 14.2 Å². The number of hydrogen-bond donors (Lipinski definition) is 2. The summed E-state index contributed by atoms with van der Waals surface area (Å²) < 4.78 is 37.4. The lowest BCUT2D eigenvalue weighted by molar-refractivity contribution is 0.0606. The second-order valence-corrected chi connectivity index (χ2v) is 8.15. The van der Waals surface area contributed by atoms with E-state index in [9.17, 15) is 13.2 Å². The molecule has 7 nitrogen and oxygen atoms in total. The van der Waals surface area contributed by atoms with Crippen LogP contribution in [0.15, 0.2) is 10.3 Å². The van der Waals surface area contributed by atoms with Gasteiger partial charge in [0.1, 0.15) is 4.88 Å². The number of esters is 1. The van der Waals surface area contributed by atoms with Crippen molar-refractivity contribution >= 4 is 39.7 Å². The van der Waals surface area contributed by atoms with Gasteiger partial charge in [0, 0.05) is 18.2 Å². The number of sulfonamides is 1. The Bertz CT molecular complexity index is 639. The van der Waals surface area contributed by atoms with Crippen LogP contribution >= 0.6 is 23.7 Å². The Labute approximate surface area is 146 Å². The standard InChI is InChI=1S/C13H20N2O5S2.ClH/c1-19-10-7-11(12(16)20-2)21-13(10)22(17,18)15-9-5-3-8(14)4-6-9;/h7-9,15H,3-6,14H2,1-2H3;1H. The predicted molar refractivity (Wildman–Crippen MR) is 90.0 cm³/mol. The molecule has 1 aromatic heterocycles. The van der Waals surface area contributed by atoms with Crippen molar-refractivity contribution in [2.75, 3.05) is 14.2 Å². The Morgan fingerprint density at radius 3 is 2.43 bits per heavy atom. The topological polar surface area (TPSA) is 108 Å². The van der Waals surface area contributed by atoms with Crippen molar-refractivity contribution < 1.29 is 22.7 Å². The number of methoxy groups -OCH3 is 2. The Morgan fingerprint density at radius 1 is 1.30 bits per heavy atom. The molecular formula is C13H21ClN2O5S2. The van der Waals surface area contributed by atoms with Gasteiger partial charge in [-0.1, -0.05) is 0 Å². The number of rotatable bonds is 5. The second kappa shape index (κ2) is 8.29. The maximum Gasteiger partial charge on any atom is 0.348 e. The first kappa shape index (κ1) is 20.2. The number of hydrogen-bond acceptors (Lipinski definition) is 7. The van der Waals surface area contributed by atoms with Gasteiger partial charge >= 0.3 is 5.97 Å². The molecule has 23 heavy (non-hydrogen) atoms. The Hall–Kier alpha value is -0.870. The van der Waals surface area contributed by atoms with Crippen LogP contribution in [0.1, 0.15) is 35.4 Å². The van der Waals surface area contributed by atoms with Crippen molar-refractivity contribution in [2.24, 2.45) is 5.73 Å². The molecule has 0 aromatic carbocycles. The van der Waals surface area contributed by atoms with E-state index in [4.69, 9.17) is 10.5 Å². The minimum absolute atomic E-state index is 0. The quantitative estimate of drug-likeness (QED) is 0.745. The number of thiophene rings is 1. The maximum absolute atomic E-state index is 12.5. The van der Waals surface area contributed by atoms with Crippen molar-refractivity contribution in [1.82, 2.24) is 4.72 Å². The fourth-order valence-corrected chi connectivity index (χ4v) is 5.21. The molecule has 3 N–H and O–H groups in total. The Kier molecular flexibility index (Phi) is 7.28. The lowest BCUT2D eigenvalue weighted by atomic mass is 9.93. The van der Waals surface area contributed by atoms with E-state index >= 15 is 0 Å². The van der Waals surface area contributed by atoms with Gasteiger partial charge in [0.2, 0.25) is 0 Å². The van der Waals surface area contributed by atoms with E-state index in [1.165, 1.54) is 20.3 Å². The molecule has 1 aliphatic rings. The smallest absolute Gasteiger partial charge is 0.348 e. The van der Waals surface area contributed by atoms with Crippen molar-refractivity contribution in [2.45, 2.75) is 42.0 Å². The van der Waals surface area contributed by atoms with Crippen molar-refractivity contribution in [3.63, 3.8) is 0 Å². The first-order chi connectivity index (χ1) is 10.4. The van der Waals surface area contributed by atoms with Crippen LogP contribution in [0.25, 0.3) is 0 Å². The number of halogens is 1. The highest BCUT2D eigenvalue weighted by molar-refractivity contribution is 7.91. The third-order valence-electron chi connectivity index (χ3n) is 3.61. The number of ether oxygens (including phenoxy) is 2. The third kappa shape index (κ3) is 4.80. The monoisotopic (exact) mass is 384 g/mol. The minimum atomic E-state index is -3.75. The molecule has 1 saturated carbocycles. The van der Waals surface area contributed by atoms with E-state index in [2.05, 4.69) is 9.46 Å². The van der Waals surface area contributed by atoms with Crippen molar-refractivity contribution in [3.8, 4) is 5.75 Å². The molecule has 2 rings (SSSR count). The average molecular weight is 385 g/mol. The molecule has 0 unspecified atom stereocenters. The van der Waals surface area contributed by atoms with Crippen LogP contribution < -0.4 is 15.2 Å². The van der Waals surface area contributed by atoms with Gasteiger partial charge in [0.15, 0.2) is 9.96 Å². The number of nitrogens with one attached hydrogen (secondary N) is 1. The summed E-state index contributed by atoms with van der Waals surface area (Å²) in [5, 5.41) is 0. The van der Waals surface area contributed by atoms with Crippen LogP contribution in [0.4, 0.5) is 0 Å². The molecule has 0 spiro atoms. The molecule has 0 amide bonds. The van der Waals surface area contributed by atoms with Crippen LogP contribution in [-0.4, -0.2) is 40.7 Å².